The lowest BCUT2D eigenvalue weighted by Crippen LogP contribution is -2.32. The van der Waals surface area contributed by atoms with E-state index < -0.39 is 10.0 Å². The van der Waals surface area contributed by atoms with Crippen molar-refractivity contribution in [1.29, 1.82) is 0 Å². The van der Waals surface area contributed by atoms with Crippen molar-refractivity contribution in [3.05, 3.63) is 53.6 Å². The Morgan fingerprint density at radius 2 is 1.85 bits per heavy atom. The smallest absolute Gasteiger partial charge is 0.232 e. The van der Waals surface area contributed by atoms with Gasteiger partial charge in [0.2, 0.25) is 15.9 Å². The summed E-state index contributed by atoms with van der Waals surface area (Å²) in [6.07, 6.45) is 1.81. The molecule has 7 heteroatoms. The SMILES string of the molecule is COc1cccc(NC(=O)CCCN(c2cccc(C)c2C)S(C)(=O)=O)c1. The van der Waals surface area contributed by atoms with Crippen LogP contribution in [0, 0.1) is 13.8 Å². The molecule has 146 valence electrons. The van der Waals surface area contributed by atoms with Gasteiger partial charge in [-0.25, -0.2) is 8.42 Å². The maximum absolute atomic E-state index is 12.2. The second-order valence-electron chi connectivity index (χ2n) is 6.44. The summed E-state index contributed by atoms with van der Waals surface area (Å²) >= 11 is 0. The summed E-state index contributed by atoms with van der Waals surface area (Å²) < 4.78 is 31.0. The van der Waals surface area contributed by atoms with Gasteiger partial charge in [0.15, 0.2) is 0 Å². The molecule has 27 heavy (non-hydrogen) atoms. The number of nitrogens with zero attached hydrogens (tertiary/aromatic N) is 1. The number of ether oxygens (including phenoxy) is 1. The molecule has 0 radical (unpaired) electrons. The Labute approximate surface area is 161 Å². The van der Waals surface area contributed by atoms with Gasteiger partial charge in [0.05, 0.1) is 19.1 Å². The van der Waals surface area contributed by atoms with Gasteiger partial charge < -0.3 is 10.1 Å². The van der Waals surface area contributed by atoms with Gasteiger partial charge in [0.1, 0.15) is 5.75 Å². The van der Waals surface area contributed by atoms with Crippen LogP contribution in [0.1, 0.15) is 24.0 Å². The summed E-state index contributed by atoms with van der Waals surface area (Å²) in [6.45, 7) is 4.09. The lowest BCUT2D eigenvalue weighted by molar-refractivity contribution is -0.116. The molecule has 0 bridgehead atoms. The molecular weight excluding hydrogens is 364 g/mol. The van der Waals surface area contributed by atoms with E-state index in [2.05, 4.69) is 5.32 Å². The van der Waals surface area contributed by atoms with Crippen LogP contribution in [-0.4, -0.2) is 34.2 Å². The van der Waals surface area contributed by atoms with Crippen LogP contribution >= 0.6 is 0 Å². The minimum atomic E-state index is -3.44. The minimum Gasteiger partial charge on any atom is -0.497 e. The van der Waals surface area contributed by atoms with Crippen LogP contribution in [0.3, 0.4) is 0 Å². The maximum atomic E-state index is 12.2. The number of amides is 1. The normalized spacial score (nSPS) is 11.1. The first-order valence-electron chi connectivity index (χ1n) is 8.70. The van der Waals surface area contributed by atoms with Crippen molar-refractivity contribution in [1.82, 2.24) is 0 Å². The first-order valence-corrected chi connectivity index (χ1v) is 10.5. The van der Waals surface area contributed by atoms with E-state index in [0.29, 0.717) is 23.5 Å². The van der Waals surface area contributed by atoms with Crippen LogP contribution in [0.25, 0.3) is 0 Å². The standard InChI is InChI=1S/C20H26N2O4S/c1-15-8-5-11-19(16(15)2)22(27(4,24)25)13-7-12-20(23)21-17-9-6-10-18(14-17)26-3/h5-6,8-11,14H,7,12-13H2,1-4H3,(H,21,23). The Morgan fingerprint density at radius 1 is 1.15 bits per heavy atom. The summed E-state index contributed by atoms with van der Waals surface area (Å²) in [7, 11) is -1.87. The number of hydrogen-bond acceptors (Lipinski definition) is 4. The van der Waals surface area contributed by atoms with Crippen molar-refractivity contribution < 1.29 is 17.9 Å². The molecule has 0 aromatic heterocycles. The molecule has 0 atom stereocenters. The fourth-order valence-electron chi connectivity index (χ4n) is 2.78. The molecule has 0 spiro atoms. The first-order chi connectivity index (χ1) is 12.7. The Kier molecular flexibility index (Phi) is 6.85. The molecule has 2 aromatic rings. The van der Waals surface area contributed by atoms with E-state index in [1.54, 1.807) is 37.4 Å². The monoisotopic (exact) mass is 390 g/mol. The van der Waals surface area contributed by atoms with Gasteiger partial charge in [0.25, 0.3) is 0 Å². The van der Waals surface area contributed by atoms with Crippen LogP contribution in [0.2, 0.25) is 0 Å². The fraction of sp³-hybridized carbons (Fsp3) is 0.350. The number of hydrogen-bond donors (Lipinski definition) is 1. The Balaban J connectivity index is 2.01. The lowest BCUT2D eigenvalue weighted by atomic mass is 10.1. The zero-order chi connectivity index (χ0) is 20.0. The van der Waals surface area contributed by atoms with Gasteiger partial charge in [-0.05, 0) is 49.6 Å². The number of benzene rings is 2. The van der Waals surface area contributed by atoms with E-state index in [-0.39, 0.29) is 18.9 Å². The summed E-state index contributed by atoms with van der Waals surface area (Å²) in [5.41, 5.74) is 3.25. The highest BCUT2D eigenvalue weighted by atomic mass is 32.2. The van der Waals surface area contributed by atoms with Gasteiger partial charge in [-0.15, -0.1) is 0 Å². The first kappa shape index (κ1) is 20.8. The summed E-state index contributed by atoms with van der Waals surface area (Å²) in [5.74, 6) is 0.489. The van der Waals surface area contributed by atoms with Gasteiger partial charge in [-0.3, -0.25) is 9.10 Å². The summed E-state index contributed by atoms with van der Waals surface area (Å²) in [5, 5.41) is 2.80. The molecule has 0 saturated carbocycles. The molecule has 0 aliphatic heterocycles. The number of methoxy groups -OCH3 is 1. The Morgan fingerprint density at radius 3 is 2.52 bits per heavy atom. The Hall–Kier alpha value is -2.54. The second-order valence-corrected chi connectivity index (χ2v) is 8.34. The second kappa shape index (κ2) is 8.90. The van der Waals surface area contributed by atoms with Crippen LogP contribution in [0.4, 0.5) is 11.4 Å². The molecular formula is C20H26N2O4S. The molecule has 1 N–H and O–H groups in total. The molecule has 0 aliphatic carbocycles. The lowest BCUT2D eigenvalue weighted by Gasteiger charge is -2.24. The van der Waals surface area contributed by atoms with Crippen LogP contribution in [-0.2, 0) is 14.8 Å². The third-order valence-electron chi connectivity index (χ3n) is 4.36. The third kappa shape index (κ3) is 5.72. The number of sulfonamides is 1. The molecule has 2 rings (SSSR count). The summed E-state index contributed by atoms with van der Waals surface area (Å²) in [6, 6.07) is 12.7. The number of aryl methyl sites for hydroxylation is 1. The Bertz CT molecular complexity index is 910. The minimum absolute atomic E-state index is 0.169. The van der Waals surface area contributed by atoms with E-state index >= 15 is 0 Å². The van der Waals surface area contributed by atoms with E-state index in [9.17, 15) is 13.2 Å². The molecule has 0 fully saturated rings. The van der Waals surface area contributed by atoms with Crippen molar-refractivity contribution in [2.24, 2.45) is 0 Å². The number of carbonyl (C=O) groups is 1. The largest absolute Gasteiger partial charge is 0.497 e. The van der Waals surface area contributed by atoms with Crippen molar-refractivity contribution in [3.63, 3.8) is 0 Å². The number of nitrogens with one attached hydrogen (secondary N) is 1. The molecule has 6 nitrogen and oxygen atoms in total. The molecule has 2 aromatic carbocycles. The summed E-state index contributed by atoms with van der Waals surface area (Å²) in [4.78, 5) is 12.2. The zero-order valence-electron chi connectivity index (χ0n) is 16.2. The predicted octanol–water partition coefficient (Wildman–Crippen LogP) is 3.50. The van der Waals surface area contributed by atoms with Crippen molar-refractivity contribution in [2.75, 3.05) is 29.5 Å². The fourth-order valence-corrected chi connectivity index (χ4v) is 3.79. The highest BCUT2D eigenvalue weighted by Crippen LogP contribution is 2.25. The molecule has 0 aliphatic rings. The highest BCUT2D eigenvalue weighted by molar-refractivity contribution is 7.92. The van der Waals surface area contributed by atoms with Crippen LogP contribution < -0.4 is 14.4 Å². The van der Waals surface area contributed by atoms with E-state index in [4.69, 9.17) is 4.74 Å². The van der Waals surface area contributed by atoms with Gasteiger partial charge in [0, 0.05) is 24.7 Å². The van der Waals surface area contributed by atoms with Gasteiger partial charge >= 0.3 is 0 Å². The average molecular weight is 391 g/mol. The highest BCUT2D eigenvalue weighted by Gasteiger charge is 2.19. The van der Waals surface area contributed by atoms with E-state index in [0.717, 1.165) is 11.1 Å². The number of rotatable bonds is 8. The maximum Gasteiger partial charge on any atom is 0.232 e. The van der Waals surface area contributed by atoms with Crippen molar-refractivity contribution >= 4 is 27.3 Å². The topological polar surface area (TPSA) is 75.7 Å². The van der Waals surface area contributed by atoms with E-state index in [1.165, 1.54) is 10.6 Å². The van der Waals surface area contributed by atoms with E-state index in [1.807, 2.05) is 26.0 Å². The zero-order valence-corrected chi connectivity index (χ0v) is 17.0. The number of anilines is 2. The van der Waals surface area contributed by atoms with Crippen molar-refractivity contribution in [2.45, 2.75) is 26.7 Å². The molecule has 0 saturated heterocycles. The predicted molar refractivity (Wildman–Crippen MR) is 109 cm³/mol. The number of carbonyl (C=O) groups excluding carboxylic acids is 1. The molecule has 1 amide bonds. The molecule has 0 unspecified atom stereocenters. The quantitative estimate of drug-likeness (QED) is 0.749. The van der Waals surface area contributed by atoms with Gasteiger partial charge in [-0.1, -0.05) is 18.2 Å². The van der Waals surface area contributed by atoms with Gasteiger partial charge in [-0.2, -0.15) is 0 Å². The van der Waals surface area contributed by atoms with Crippen molar-refractivity contribution in [3.8, 4) is 5.75 Å². The third-order valence-corrected chi connectivity index (χ3v) is 5.54. The van der Waals surface area contributed by atoms with Crippen LogP contribution in [0.5, 0.6) is 5.75 Å². The molecule has 0 heterocycles. The van der Waals surface area contributed by atoms with Crippen LogP contribution in [0.15, 0.2) is 42.5 Å². The average Bonchev–Trinajstić information content (AvgIpc) is 2.61.